The summed E-state index contributed by atoms with van der Waals surface area (Å²) in [5.74, 6) is 0.395. The fraction of sp³-hybridized carbons (Fsp3) is 0.667. The van der Waals surface area contributed by atoms with Crippen LogP contribution in [-0.2, 0) is 11.3 Å². The molecule has 0 atom stereocenters. The maximum atomic E-state index is 11.6. The molecule has 1 rings (SSSR count). The maximum absolute atomic E-state index is 11.6. The van der Waals surface area contributed by atoms with Gasteiger partial charge in [0, 0.05) is 18.8 Å². The van der Waals surface area contributed by atoms with Crippen LogP contribution >= 0.6 is 0 Å². The molecule has 0 fully saturated rings. The lowest BCUT2D eigenvalue weighted by atomic mass is 10.3. The van der Waals surface area contributed by atoms with Gasteiger partial charge in [0.2, 0.25) is 5.91 Å². The summed E-state index contributed by atoms with van der Waals surface area (Å²) in [6, 6.07) is 2.21. The maximum Gasteiger partial charge on any atom is 0.241 e. The van der Waals surface area contributed by atoms with Crippen LogP contribution in [0.15, 0.2) is 12.3 Å². The van der Waals surface area contributed by atoms with Gasteiger partial charge in [-0.1, -0.05) is 0 Å². The first-order valence-electron chi connectivity index (χ1n) is 6.25. The fourth-order valence-corrected chi connectivity index (χ4v) is 1.48. The number of carbonyl (C=O) groups excluding carboxylic acids is 1. The Hall–Kier alpha value is -1.56. The predicted octanol–water partition coefficient (Wildman–Crippen LogP) is 0.312. The molecular weight excluding hydrogens is 230 g/mol. The first-order chi connectivity index (χ1) is 8.49. The van der Waals surface area contributed by atoms with Crippen molar-refractivity contribution < 1.29 is 4.79 Å². The molecule has 6 heteroatoms. The van der Waals surface area contributed by atoms with E-state index in [0.29, 0.717) is 18.4 Å². The molecule has 1 aromatic rings. The van der Waals surface area contributed by atoms with Crippen molar-refractivity contribution in [3.8, 4) is 0 Å². The van der Waals surface area contributed by atoms with Gasteiger partial charge in [-0.15, -0.1) is 0 Å². The molecule has 1 aromatic heterocycles. The molecule has 0 saturated carbocycles. The van der Waals surface area contributed by atoms with E-state index in [-0.39, 0.29) is 12.5 Å². The normalized spacial score (nSPS) is 11.2. The number of amides is 1. The van der Waals surface area contributed by atoms with Gasteiger partial charge in [0.15, 0.2) is 0 Å². The zero-order chi connectivity index (χ0) is 13.5. The van der Waals surface area contributed by atoms with E-state index >= 15 is 0 Å². The third kappa shape index (κ3) is 5.18. The van der Waals surface area contributed by atoms with Crippen LogP contribution in [0.25, 0.3) is 0 Å². The average molecular weight is 253 g/mol. The molecule has 0 spiro atoms. The zero-order valence-corrected chi connectivity index (χ0v) is 11.4. The van der Waals surface area contributed by atoms with E-state index in [2.05, 4.69) is 36.2 Å². The van der Waals surface area contributed by atoms with Crippen molar-refractivity contribution in [2.45, 2.75) is 32.9 Å². The van der Waals surface area contributed by atoms with Gasteiger partial charge < -0.3 is 16.0 Å². The molecule has 0 saturated heterocycles. The Morgan fingerprint density at radius 2 is 2.33 bits per heavy atom. The van der Waals surface area contributed by atoms with Crippen LogP contribution in [0.4, 0.5) is 5.82 Å². The predicted molar refractivity (Wildman–Crippen MR) is 72.0 cm³/mol. The number of hydrogen-bond acceptors (Lipinski definition) is 4. The van der Waals surface area contributed by atoms with Crippen molar-refractivity contribution in [2.75, 3.05) is 25.9 Å². The molecule has 0 aromatic carbocycles. The number of aromatic nitrogens is 2. The molecule has 18 heavy (non-hydrogen) atoms. The smallest absolute Gasteiger partial charge is 0.241 e. The van der Waals surface area contributed by atoms with Gasteiger partial charge >= 0.3 is 0 Å². The van der Waals surface area contributed by atoms with E-state index in [0.717, 1.165) is 13.0 Å². The van der Waals surface area contributed by atoms with Gasteiger partial charge in [0.05, 0.1) is 0 Å². The van der Waals surface area contributed by atoms with Gasteiger partial charge in [-0.05, 0) is 39.9 Å². The molecular formula is C12H23N5O. The third-order valence-corrected chi connectivity index (χ3v) is 2.86. The van der Waals surface area contributed by atoms with Gasteiger partial charge in [-0.25, -0.2) is 0 Å². The highest BCUT2D eigenvalue weighted by molar-refractivity contribution is 5.75. The Morgan fingerprint density at radius 3 is 2.89 bits per heavy atom. The molecule has 0 unspecified atom stereocenters. The lowest BCUT2D eigenvalue weighted by molar-refractivity contribution is -0.121. The highest BCUT2D eigenvalue weighted by atomic mass is 16.2. The number of rotatable bonds is 7. The summed E-state index contributed by atoms with van der Waals surface area (Å²) in [7, 11) is 2.08. The summed E-state index contributed by atoms with van der Waals surface area (Å²) in [6.45, 7) is 6.19. The Morgan fingerprint density at radius 1 is 1.61 bits per heavy atom. The monoisotopic (exact) mass is 253 g/mol. The van der Waals surface area contributed by atoms with Crippen LogP contribution in [-0.4, -0.2) is 46.8 Å². The van der Waals surface area contributed by atoms with Gasteiger partial charge in [-0.3, -0.25) is 9.48 Å². The molecule has 0 radical (unpaired) electrons. The highest BCUT2D eigenvalue weighted by Gasteiger charge is 2.05. The second-order valence-electron chi connectivity index (χ2n) is 4.72. The minimum absolute atomic E-state index is 0.0368. The number of hydrogen-bond donors (Lipinski definition) is 2. The number of nitrogens with two attached hydrogens (primary N) is 1. The van der Waals surface area contributed by atoms with E-state index < -0.39 is 0 Å². The van der Waals surface area contributed by atoms with E-state index in [1.54, 1.807) is 12.3 Å². The first-order valence-corrected chi connectivity index (χ1v) is 6.25. The summed E-state index contributed by atoms with van der Waals surface area (Å²) in [4.78, 5) is 13.8. The number of nitrogen functional groups attached to an aromatic ring is 1. The van der Waals surface area contributed by atoms with Crippen molar-refractivity contribution in [3.05, 3.63) is 12.3 Å². The van der Waals surface area contributed by atoms with Crippen molar-refractivity contribution in [3.63, 3.8) is 0 Å². The van der Waals surface area contributed by atoms with Gasteiger partial charge in [0.1, 0.15) is 12.4 Å². The van der Waals surface area contributed by atoms with Crippen molar-refractivity contribution in [1.82, 2.24) is 20.0 Å². The van der Waals surface area contributed by atoms with Gasteiger partial charge in [0.25, 0.3) is 0 Å². The Labute approximate surface area is 108 Å². The number of nitrogens with zero attached hydrogens (tertiary/aromatic N) is 3. The molecule has 6 nitrogen and oxygen atoms in total. The van der Waals surface area contributed by atoms with Crippen LogP contribution in [0.3, 0.4) is 0 Å². The minimum atomic E-state index is -0.0368. The van der Waals surface area contributed by atoms with E-state index in [4.69, 9.17) is 5.73 Å². The topological polar surface area (TPSA) is 76.2 Å². The van der Waals surface area contributed by atoms with Crippen LogP contribution < -0.4 is 11.1 Å². The summed E-state index contributed by atoms with van der Waals surface area (Å²) in [5.41, 5.74) is 5.47. The molecule has 0 aliphatic heterocycles. The van der Waals surface area contributed by atoms with Crippen molar-refractivity contribution >= 4 is 11.7 Å². The number of nitrogens with one attached hydrogen (secondary N) is 1. The molecule has 3 N–H and O–H groups in total. The Bertz CT molecular complexity index is 374. The number of carbonyl (C=O) groups is 1. The first kappa shape index (κ1) is 14.5. The Balaban J connectivity index is 2.14. The average Bonchev–Trinajstić information content (AvgIpc) is 2.69. The zero-order valence-electron chi connectivity index (χ0n) is 11.4. The summed E-state index contributed by atoms with van der Waals surface area (Å²) >= 11 is 0. The van der Waals surface area contributed by atoms with Crippen molar-refractivity contribution in [2.24, 2.45) is 0 Å². The van der Waals surface area contributed by atoms with Crippen LogP contribution in [0, 0.1) is 0 Å². The standard InChI is InChI=1S/C12H23N5O/c1-10(2)16(3)7-4-6-14-12(18)9-17-8-5-11(13)15-17/h5,8,10H,4,6-7,9H2,1-3H3,(H2,13,15)(H,14,18). The van der Waals surface area contributed by atoms with Crippen LogP contribution in [0.5, 0.6) is 0 Å². The molecule has 102 valence electrons. The van der Waals surface area contributed by atoms with E-state index in [1.165, 1.54) is 4.68 Å². The fourth-order valence-electron chi connectivity index (χ4n) is 1.48. The van der Waals surface area contributed by atoms with E-state index in [9.17, 15) is 4.79 Å². The second kappa shape index (κ2) is 7.00. The van der Waals surface area contributed by atoms with Crippen LogP contribution in [0.1, 0.15) is 20.3 Å². The molecule has 1 amide bonds. The molecule has 0 aliphatic rings. The summed E-state index contributed by atoms with van der Waals surface area (Å²) < 4.78 is 1.53. The van der Waals surface area contributed by atoms with Gasteiger partial charge in [-0.2, -0.15) is 5.10 Å². The summed E-state index contributed by atoms with van der Waals surface area (Å²) in [5, 5.41) is 6.82. The molecule has 0 bridgehead atoms. The van der Waals surface area contributed by atoms with E-state index in [1.807, 2.05) is 0 Å². The quantitative estimate of drug-likeness (QED) is 0.686. The minimum Gasteiger partial charge on any atom is -0.382 e. The van der Waals surface area contributed by atoms with Crippen molar-refractivity contribution in [1.29, 1.82) is 0 Å². The lowest BCUT2D eigenvalue weighted by Gasteiger charge is -2.20. The summed E-state index contributed by atoms with van der Waals surface area (Å²) in [6.07, 6.45) is 2.64. The third-order valence-electron chi connectivity index (χ3n) is 2.86. The molecule has 0 aliphatic carbocycles. The number of anilines is 1. The highest BCUT2D eigenvalue weighted by Crippen LogP contribution is 1.96. The largest absolute Gasteiger partial charge is 0.382 e. The second-order valence-corrected chi connectivity index (χ2v) is 4.72. The Kier molecular flexibility index (Phi) is 5.64. The van der Waals surface area contributed by atoms with Crippen LogP contribution in [0.2, 0.25) is 0 Å². The molecule has 1 heterocycles. The SMILES string of the molecule is CC(C)N(C)CCCNC(=O)Cn1ccc(N)n1. The lowest BCUT2D eigenvalue weighted by Crippen LogP contribution is -2.32.